The van der Waals surface area contributed by atoms with Crippen molar-refractivity contribution in [3.63, 3.8) is 0 Å². The zero-order valence-corrected chi connectivity index (χ0v) is 7.04. The minimum Gasteiger partial charge on any atom is -0.481 e. The van der Waals surface area contributed by atoms with Gasteiger partial charge in [-0.25, -0.2) is 0 Å². The Labute approximate surface area is 75.7 Å². The molecule has 1 aliphatic heterocycles. The molecule has 1 aromatic carbocycles. The van der Waals surface area contributed by atoms with Gasteiger partial charge in [0.2, 0.25) is 0 Å². The number of fused-ring (bicyclic) bond motifs is 1. The minimum atomic E-state index is -0.115. The molecule has 3 N–H and O–H groups in total. The van der Waals surface area contributed by atoms with E-state index < -0.39 is 0 Å². The van der Waals surface area contributed by atoms with Crippen LogP contribution in [-0.2, 0) is 11.3 Å². The summed E-state index contributed by atoms with van der Waals surface area (Å²) in [5, 5.41) is 2.71. The van der Waals surface area contributed by atoms with Gasteiger partial charge in [0.05, 0.1) is 5.69 Å². The maximum atomic E-state index is 11.0. The zero-order chi connectivity index (χ0) is 9.26. The van der Waals surface area contributed by atoms with Crippen molar-refractivity contribution < 1.29 is 9.53 Å². The average molecular weight is 178 g/mol. The lowest BCUT2D eigenvalue weighted by atomic mass is 10.2. The third-order valence-electron chi connectivity index (χ3n) is 1.95. The van der Waals surface area contributed by atoms with E-state index in [4.69, 9.17) is 10.5 Å². The maximum absolute atomic E-state index is 11.0. The van der Waals surface area contributed by atoms with Crippen LogP contribution in [-0.4, -0.2) is 12.5 Å². The summed E-state index contributed by atoms with van der Waals surface area (Å²) < 4.78 is 5.25. The quantitative estimate of drug-likeness (QED) is 0.561. The minimum absolute atomic E-state index is 0.0429. The van der Waals surface area contributed by atoms with E-state index in [0.29, 0.717) is 18.0 Å². The summed E-state index contributed by atoms with van der Waals surface area (Å²) in [6.07, 6.45) is 0. The zero-order valence-electron chi connectivity index (χ0n) is 7.04. The van der Waals surface area contributed by atoms with Crippen LogP contribution in [0.2, 0.25) is 0 Å². The topological polar surface area (TPSA) is 64.3 Å². The Kier molecular flexibility index (Phi) is 1.81. The normalized spacial score (nSPS) is 15.2. The molecule has 0 aliphatic carbocycles. The van der Waals surface area contributed by atoms with Gasteiger partial charge in [0.1, 0.15) is 5.75 Å². The summed E-state index contributed by atoms with van der Waals surface area (Å²) in [6.45, 7) is 0.528. The number of benzene rings is 1. The highest BCUT2D eigenvalue weighted by atomic mass is 16.5. The summed E-state index contributed by atoms with van der Waals surface area (Å²) >= 11 is 0. The van der Waals surface area contributed by atoms with Crippen molar-refractivity contribution >= 4 is 11.6 Å². The van der Waals surface area contributed by atoms with Crippen LogP contribution in [0.3, 0.4) is 0 Å². The van der Waals surface area contributed by atoms with Crippen LogP contribution in [0.5, 0.6) is 5.75 Å². The summed E-state index contributed by atoms with van der Waals surface area (Å²) in [5.74, 6) is 0.511. The molecular formula is C9H10N2O2. The molecule has 1 aliphatic rings. The third-order valence-corrected chi connectivity index (χ3v) is 1.95. The van der Waals surface area contributed by atoms with Crippen LogP contribution in [0.4, 0.5) is 5.69 Å². The number of hydrogen-bond donors (Lipinski definition) is 2. The van der Waals surface area contributed by atoms with Crippen molar-refractivity contribution in [2.45, 2.75) is 6.54 Å². The first-order valence-electron chi connectivity index (χ1n) is 4.04. The molecule has 2 rings (SSSR count). The summed E-state index contributed by atoms with van der Waals surface area (Å²) in [4.78, 5) is 11.0. The van der Waals surface area contributed by atoms with Crippen molar-refractivity contribution in [1.82, 2.24) is 5.32 Å². The molecule has 0 aromatic heterocycles. The smallest absolute Gasteiger partial charge is 0.258 e. The third kappa shape index (κ3) is 1.42. The molecule has 13 heavy (non-hydrogen) atoms. The molecule has 1 amide bonds. The Morgan fingerprint density at radius 1 is 1.46 bits per heavy atom. The number of nitrogen functional groups attached to an aromatic ring is 1. The number of nitrogens with one attached hydrogen (secondary N) is 1. The van der Waals surface area contributed by atoms with Crippen LogP contribution in [0.25, 0.3) is 0 Å². The second-order valence-corrected chi connectivity index (χ2v) is 2.90. The number of nitrogens with two attached hydrogens (primary N) is 1. The Balaban J connectivity index is 2.40. The van der Waals surface area contributed by atoms with E-state index in [1.54, 1.807) is 6.07 Å². The Hall–Kier alpha value is -1.71. The van der Waals surface area contributed by atoms with Gasteiger partial charge in [0, 0.05) is 12.1 Å². The van der Waals surface area contributed by atoms with E-state index in [-0.39, 0.29) is 12.5 Å². The van der Waals surface area contributed by atoms with Gasteiger partial charge in [-0.1, -0.05) is 12.1 Å². The molecule has 0 bridgehead atoms. The van der Waals surface area contributed by atoms with Crippen molar-refractivity contribution in [3.05, 3.63) is 23.8 Å². The molecule has 0 fully saturated rings. The SMILES string of the molecule is Nc1cccc2c1OCC(=O)NC2. The number of carbonyl (C=O) groups is 1. The van der Waals surface area contributed by atoms with Crippen molar-refractivity contribution in [1.29, 1.82) is 0 Å². The highest BCUT2D eigenvalue weighted by Gasteiger charge is 2.14. The second-order valence-electron chi connectivity index (χ2n) is 2.90. The first kappa shape index (κ1) is 7.91. The van der Waals surface area contributed by atoms with Crippen LogP contribution >= 0.6 is 0 Å². The fourth-order valence-corrected chi connectivity index (χ4v) is 1.30. The van der Waals surface area contributed by atoms with E-state index in [9.17, 15) is 4.79 Å². The van der Waals surface area contributed by atoms with Crippen LogP contribution in [0.1, 0.15) is 5.56 Å². The fraction of sp³-hybridized carbons (Fsp3) is 0.222. The molecule has 68 valence electrons. The first-order chi connectivity index (χ1) is 6.27. The highest BCUT2D eigenvalue weighted by molar-refractivity contribution is 5.79. The summed E-state index contributed by atoms with van der Waals surface area (Å²) in [7, 11) is 0. The van der Waals surface area contributed by atoms with Gasteiger partial charge in [-0.3, -0.25) is 4.79 Å². The number of rotatable bonds is 0. The van der Waals surface area contributed by atoms with Gasteiger partial charge in [-0.15, -0.1) is 0 Å². The van der Waals surface area contributed by atoms with Crippen molar-refractivity contribution in [3.8, 4) is 5.75 Å². The molecule has 0 spiro atoms. The Bertz CT molecular complexity index is 349. The number of amides is 1. The molecule has 0 saturated carbocycles. The van der Waals surface area contributed by atoms with Crippen molar-refractivity contribution in [2.75, 3.05) is 12.3 Å². The van der Waals surface area contributed by atoms with Gasteiger partial charge < -0.3 is 15.8 Å². The predicted molar refractivity (Wildman–Crippen MR) is 48.2 cm³/mol. The molecular weight excluding hydrogens is 168 g/mol. The van der Waals surface area contributed by atoms with Crippen molar-refractivity contribution in [2.24, 2.45) is 0 Å². The van der Waals surface area contributed by atoms with Crippen LogP contribution < -0.4 is 15.8 Å². The Morgan fingerprint density at radius 2 is 2.31 bits per heavy atom. The second kappa shape index (κ2) is 2.97. The lowest BCUT2D eigenvalue weighted by Gasteiger charge is -2.07. The van der Waals surface area contributed by atoms with Gasteiger partial charge in [-0.05, 0) is 6.07 Å². The molecule has 0 atom stereocenters. The van der Waals surface area contributed by atoms with E-state index in [1.165, 1.54) is 0 Å². The standard InChI is InChI=1S/C9H10N2O2/c10-7-3-1-2-6-4-11-8(12)5-13-9(6)7/h1-3H,4-5,10H2,(H,11,12). The van der Waals surface area contributed by atoms with Gasteiger partial charge >= 0.3 is 0 Å². The van der Waals surface area contributed by atoms with Crippen LogP contribution in [0, 0.1) is 0 Å². The average Bonchev–Trinajstić information content (AvgIpc) is 2.30. The Morgan fingerprint density at radius 3 is 3.15 bits per heavy atom. The first-order valence-corrected chi connectivity index (χ1v) is 4.04. The molecule has 0 saturated heterocycles. The lowest BCUT2D eigenvalue weighted by Crippen LogP contribution is -2.25. The molecule has 0 unspecified atom stereocenters. The number of hydrogen-bond acceptors (Lipinski definition) is 3. The fourth-order valence-electron chi connectivity index (χ4n) is 1.30. The number of carbonyl (C=O) groups excluding carboxylic acids is 1. The summed E-state index contributed by atoms with van der Waals surface area (Å²) in [6, 6.07) is 5.49. The van der Waals surface area contributed by atoms with Gasteiger partial charge in [0.25, 0.3) is 5.91 Å². The maximum Gasteiger partial charge on any atom is 0.258 e. The van der Waals surface area contributed by atoms with E-state index in [1.807, 2.05) is 12.1 Å². The largest absolute Gasteiger partial charge is 0.481 e. The lowest BCUT2D eigenvalue weighted by molar-refractivity contribution is -0.122. The molecule has 1 heterocycles. The van der Waals surface area contributed by atoms with E-state index in [0.717, 1.165) is 5.56 Å². The summed E-state index contributed by atoms with van der Waals surface area (Å²) in [5.41, 5.74) is 7.19. The van der Waals surface area contributed by atoms with E-state index >= 15 is 0 Å². The molecule has 1 aromatic rings. The predicted octanol–water partition coefficient (Wildman–Crippen LogP) is 0.277. The molecule has 4 heteroatoms. The number of anilines is 1. The monoisotopic (exact) mass is 178 g/mol. The number of para-hydroxylation sites is 1. The highest BCUT2D eigenvalue weighted by Crippen LogP contribution is 2.27. The van der Waals surface area contributed by atoms with E-state index in [2.05, 4.69) is 5.32 Å². The van der Waals surface area contributed by atoms with Gasteiger partial charge in [-0.2, -0.15) is 0 Å². The van der Waals surface area contributed by atoms with Gasteiger partial charge in [0.15, 0.2) is 6.61 Å². The molecule has 0 radical (unpaired) electrons. The molecule has 4 nitrogen and oxygen atoms in total. The number of ether oxygens (including phenoxy) is 1. The van der Waals surface area contributed by atoms with Crippen LogP contribution in [0.15, 0.2) is 18.2 Å².